The van der Waals surface area contributed by atoms with Crippen LogP contribution in [0.4, 0.5) is 0 Å². The van der Waals surface area contributed by atoms with Crippen molar-refractivity contribution in [3.8, 4) is 0 Å². The van der Waals surface area contributed by atoms with Crippen LogP contribution in [0.2, 0.25) is 0 Å². The molecule has 0 spiro atoms. The predicted molar refractivity (Wildman–Crippen MR) is 36.5 cm³/mol. The minimum atomic E-state index is -0.176. The Kier molecular flexibility index (Phi) is 1.70. The van der Waals surface area contributed by atoms with E-state index in [0.29, 0.717) is 11.2 Å². The molecule has 0 atom stereocenters. The fourth-order valence-corrected chi connectivity index (χ4v) is 1.00. The third-order valence-corrected chi connectivity index (χ3v) is 1.59. The first-order valence-electron chi connectivity index (χ1n) is 2.42. The molecule has 1 heterocycles. The number of hydrogen-bond acceptors (Lipinski definition) is 2. The number of nitrogens with zero attached hydrogens (tertiary/aromatic N) is 2. The Balaban J connectivity index is 3.20. The maximum atomic E-state index is 10.6. The number of alkyl halides is 1. The summed E-state index contributed by atoms with van der Waals surface area (Å²) < 4.78 is 1.45. The molecular weight excluding hydrogens is 186 g/mol. The highest BCUT2D eigenvalue weighted by atomic mass is 79.9. The topological polar surface area (TPSA) is 50.7 Å². The minimum Gasteiger partial charge on any atom is -0.282 e. The molecule has 0 saturated carbocycles. The fourth-order valence-electron chi connectivity index (χ4n) is 0.499. The Hall–Kier alpha value is -0.580. The van der Waals surface area contributed by atoms with Gasteiger partial charge in [0.25, 0.3) is 0 Å². The highest BCUT2D eigenvalue weighted by Gasteiger charge is 1.98. The number of aromatic amines is 1. The smallest absolute Gasteiger partial charge is 0.282 e. The van der Waals surface area contributed by atoms with Crippen LogP contribution in [0.15, 0.2) is 4.79 Å². The summed E-state index contributed by atoms with van der Waals surface area (Å²) in [5.74, 6) is 0.708. The Morgan fingerprint density at radius 1 is 1.89 bits per heavy atom. The summed E-state index contributed by atoms with van der Waals surface area (Å²) >= 11 is 3.18. The van der Waals surface area contributed by atoms with Gasteiger partial charge in [0.2, 0.25) is 0 Å². The van der Waals surface area contributed by atoms with Gasteiger partial charge in [0, 0.05) is 7.05 Å². The van der Waals surface area contributed by atoms with Gasteiger partial charge < -0.3 is 0 Å². The van der Waals surface area contributed by atoms with Crippen LogP contribution in [0.5, 0.6) is 0 Å². The van der Waals surface area contributed by atoms with Gasteiger partial charge in [-0.1, -0.05) is 15.9 Å². The fraction of sp³-hybridized carbons (Fsp3) is 0.500. The van der Waals surface area contributed by atoms with E-state index in [4.69, 9.17) is 0 Å². The van der Waals surface area contributed by atoms with E-state index in [1.165, 1.54) is 4.57 Å². The largest absolute Gasteiger partial charge is 0.343 e. The van der Waals surface area contributed by atoms with Gasteiger partial charge in [0.05, 0.1) is 5.33 Å². The number of rotatable bonds is 1. The molecule has 0 aromatic carbocycles. The van der Waals surface area contributed by atoms with Gasteiger partial charge in [-0.25, -0.2) is 9.89 Å². The molecular formula is C4H6BrN3O. The minimum absolute atomic E-state index is 0.176. The van der Waals surface area contributed by atoms with Crippen LogP contribution < -0.4 is 5.69 Å². The molecule has 1 rings (SSSR count). The zero-order chi connectivity index (χ0) is 6.85. The first kappa shape index (κ1) is 6.54. The molecule has 0 aliphatic carbocycles. The van der Waals surface area contributed by atoms with Gasteiger partial charge in [-0.15, -0.1) is 0 Å². The molecule has 0 amide bonds. The van der Waals surface area contributed by atoms with Crippen LogP contribution in [0.1, 0.15) is 5.82 Å². The van der Waals surface area contributed by atoms with Crippen LogP contribution >= 0.6 is 15.9 Å². The molecule has 50 valence electrons. The van der Waals surface area contributed by atoms with Crippen molar-refractivity contribution in [1.82, 2.24) is 14.8 Å². The summed E-state index contributed by atoms with van der Waals surface area (Å²) in [6, 6.07) is 0. The van der Waals surface area contributed by atoms with Crippen molar-refractivity contribution in [2.75, 3.05) is 0 Å². The normalized spacial score (nSPS) is 10.0. The Morgan fingerprint density at radius 2 is 2.56 bits per heavy atom. The lowest BCUT2D eigenvalue weighted by Gasteiger charge is -1.88. The molecule has 0 unspecified atom stereocenters. The van der Waals surface area contributed by atoms with Crippen LogP contribution in [0.25, 0.3) is 0 Å². The third-order valence-electron chi connectivity index (χ3n) is 1.09. The average Bonchev–Trinajstić information content (AvgIpc) is 2.15. The van der Waals surface area contributed by atoms with Crippen molar-refractivity contribution >= 4 is 15.9 Å². The summed E-state index contributed by atoms with van der Waals surface area (Å²) in [6.45, 7) is 0. The maximum absolute atomic E-state index is 10.6. The first-order valence-corrected chi connectivity index (χ1v) is 3.54. The highest BCUT2D eigenvalue weighted by molar-refractivity contribution is 9.08. The van der Waals surface area contributed by atoms with Gasteiger partial charge in [-0.05, 0) is 0 Å². The van der Waals surface area contributed by atoms with Crippen LogP contribution in [-0.4, -0.2) is 14.8 Å². The van der Waals surface area contributed by atoms with E-state index >= 15 is 0 Å². The predicted octanol–water partition coefficient (Wildman–Crippen LogP) is 0.00330. The van der Waals surface area contributed by atoms with E-state index in [0.717, 1.165) is 0 Å². The van der Waals surface area contributed by atoms with Crippen LogP contribution in [0, 0.1) is 0 Å². The summed E-state index contributed by atoms with van der Waals surface area (Å²) in [5, 5.41) is 6.63. The van der Waals surface area contributed by atoms with Gasteiger partial charge >= 0.3 is 5.69 Å². The Morgan fingerprint density at radius 3 is 2.78 bits per heavy atom. The van der Waals surface area contributed by atoms with Crippen molar-refractivity contribution in [3.63, 3.8) is 0 Å². The van der Waals surface area contributed by atoms with Crippen molar-refractivity contribution in [1.29, 1.82) is 0 Å². The van der Waals surface area contributed by atoms with Gasteiger partial charge in [-0.3, -0.25) is 4.57 Å². The lowest BCUT2D eigenvalue weighted by atomic mass is 10.7. The van der Waals surface area contributed by atoms with Gasteiger partial charge in [0.1, 0.15) is 5.82 Å². The summed E-state index contributed by atoms with van der Waals surface area (Å²) in [7, 11) is 1.67. The number of nitrogens with one attached hydrogen (secondary N) is 1. The molecule has 1 N–H and O–H groups in total. The average molecular weight is 192 g/mol. The first-order chi connectivity index (χ1) is 4.25. The summed E-state index contributed by atoms with van der Waals surface area (Å²) in [6.07, 6.45) is 0. The molecule has 0 aliphatic heterocycles. The van der Waals surface area contributed by atoms with Gasteiger partial charge in [0.15, 0.2) is 0 Å². The zero-order valence-electron chi connectivity index (χ0n) is 4.89. The van der Waals surface area contributed by atoms with Crippen LogP contribution in [-0.2, 0) is 12.4 Å². The van der Waals surface area contributed by atoms with Crippen molar-refractivity contribution in [2.24, 2.45) is 7.05 Å². The van der Waals surface area contributed by atoms with E-state index in [1.807, 2.05) is 0 Å². The second-order valence-corrected chi connectivity index (χ2v) is 2.20. The molecule has 5 heteroatoms. The zero-order valence-corrected chi connectivity index (χ0v) is 6.47. The number of halogens is 1. The summed E-state index contributed by atoms with van der Waals surface area (Å²) in [4.78, 5) is 10.6. The molecule has 0 aliphatic rings. The lowest BCUT2D eigenvalue weighted by Crippen LogP contribution is -2.13. The third kappa shape index (κ3) is 1.05. The van der Waals surface area contributed by atoms with E-state index in [9.17, 15) is 4.79 Å². The Labute approximate surface area is 60.0 Å². The van der Waals surface area contributed by atoms with Crippen LogP contribution in [0.3, 0.4) is 0 Å². The van der Waals surface area contributed by atoms with E-state index in [1.54, 1.807) is 7.05 Å². The van der Waals surface area contributed by atoms with E-state index < -0.39 is 0 Å². The molecule has 1 aromatic heterocycles. The van der Waals surface area contributed by atoms with Crippen molar-refractivity contribution in [3.05, 3.63) is 16.3 Å². The number of aromatic nitrogens is 3. The molecule has 0 radical (unpaired) electrons. The second kappa shape index (κ2) is 2.34. The molecule has 0 saturated heterocycles. The number of H-pyrrole nitrogens is 1. The molecule has 4 nitrogen and oxygen atoms in total. The molecule has 0 bridgehead atoms. The second-order valence-electron chi connectivity index (χ2n) is 1.64. The summed E-state index contributed by atoms with van der Waals surface area (Å²) in [5.41, 5.74) is -0.176. The molecule has 9 heavy (non-hydrogen) atoms. The van der Waals surface area contributed by atoms with E-state index in [2.05, 4.69) is 26.1 Å². The maximum Gasteiger partial charge on any atom is 0.343 e. The highest BCUT2D eigenvalue weighted by Crippen LogP contribution is 1.94. The van der Waals surface area contributed by atoms with Gasteiger partial charge in [-0.2, -0.15) is 5.10 Å². The SMILES string of the molecule is Cn1c(CBr)n[nH]c1=O. The molecule has 0 fully saturated rings. The monoisotopic (exact) mass is 191 g/mol. The van der Waals surface area contributed by atoms with Crippen molar-refractivity contribution in [2.45, 2.75) is 5.33 Å². The Bertz CT molecular complexity index is 251. The lowest BCUT2D eigenvalue weighted by molar-refractivity contribution is 0.820. The molecule has 1 aromatic rings. The standard InChI is InChI=1S/C4H6BrN3O/c1-8-3(2-5)6-7-4(8)9/h2H2,1H3,(H,7,9). The number of hydrogen-bond donors (Lipinski definition) is 1. The quantitative estimate of drug-likeness (QED) is 0.636. The van der Waals surface area contributed by atoms with E-state index in [-0.39, 0.29) is 5.69 Å². The van der Waals surface area contributed by atoms with Crippen molar-refractivity contribution < 1.29 is 0 Å².